The van der Waals surface area contributed by atoms with Crippen LogP contribution in [0.5, 0.6) is 5.75 Å². The molecule has 0 saturated heterocycles. The van der Waals surface area contributed by atoms with Gasteiger partial charge in [0.25, 0.3) is 0 Å². The zero-order valence-electron chi connectivity index (χ0n) is 21.0. The van der Waals surface area contributed by atoms with Gasteiger partial charge in [0.05, 0.1) is 7.11 Å². The van der Waals surface area contributed by atoms with E-state index in [1.54, 1.807) is 7.11 Å². The van der Waals surface area contributed by atoms with Gasteiger partial charge in [-0.25, -0.2) is 0 Å². The van der Waals surface area contributed by atoms with Gasteiger partial charge in [-0.1, -0.05) is 127 Å². The molecular formula is C37H24O. The minimum Gasteiger partial charge on any atom is -0.495 e. The van der Waals surface area contributed by atoms with Gasteiger partial charge >= 0.3 is 0 Å². The summed E-state index contributed by atoms with van der Waals surface area (Å²) in [6.07, 6.45) is 0. The molecule has 38 heavy (non-hydrogen) atoms. The van der Waals surface area contributed by atoms with Crippen molar-refractivity contribution in [2.45, 2.75) is 0 Å². The summed E-state index contributed by atoms with van der Waals surface area (Å²) in [6.45, 7) is 0. The Morgan fingerprint density at radius 3 is 1.45 bits per heavy atom. The Morgan fingerprint density at radius 1 is 0.395 bits per heavy atom. The van der Waals surface area contributed by atoms with E-state index < -0.39 is 0 Å². The fourth-order valence-corrected chi connectivity index (χ4v) is 6.49. The number of benzene rings is 8. The monoisotopic (exact) mass is 484 g/mol. The van der Waals surface area contributed by atoms with E-state index in [1.165, 1.54) is 65.3 Å². The second-order valence-electron chi connectivity index (χ2n) is 10.0. The molecule has 0 amide bonds. The van der Waals surface area contributed by atoms with Gasteiger partial charge in [0.15, 0.2) is 0 Å². The summed E-state index contributed by atoms with van der Waals surface area (Å²) in [5.41, 5.74) is 5.04. The highest BCUT2D eigenvalue weighted by atomic mass is 16.5. The number of fused-ring (bicyclic) bond motifs is 2. The number of hydrogen-bond donors (Lipinski definition) is 0. The predicted molar refractivity (Wildman–Crippen MR) is 163 cm³/mol. The highest BCUT2D eigenvalue weighted by molar-refractivity contribution is 6.29. The molecule has 0 atom stereocenters. The highest BCUT2D eigenvalue weighted by Crippen LogP contribution is 2.47. The van der Waals surface area contributed by atoms with E-state index in [0.29, 0.717) is 0 Å². The van der Waals surface area contributed by atoms with Gasteiger partial charge in [-0.3, -0.25) is 0 Å². The van der Waals surface area contributed by atoms with Crippen molar-refractivity contribution in [1.29, 1.82) is 0 Å². The van der Waals surface area contributed by atoms with E-state index in [9.17, 15) is 0 Å². The van der Waals surface area contributed by atoms with Crippen LogP contribution in [0.3, 0.4) is 0 Å². The van der Waals surface area contributed by atoms with E-state index in [1.807, 2.05) is 0 Å². The lowest BCUT2D eigenvalue weighted by Crippen LogP contribution is -1.93. The molecule has 0 bridgehead atoms. The van der Waals surface area contributed by atoms with E-state index in [-0.39, 0.29) is 0 Å². The Kier molecular flexibility index (Phi) is 4.50. The van der Waals surface area contributed by atoms with Crippen LogP contribution in [0.4, 0.5) is 0 Å². The molecule has 0 spiro atoms. The molecule has 178 valence electrons. The van der Waals surface area contributed by atoms with Crippen molar-refractivity contribution in [2.24, 2.45) is 0 Å². The third-order valence-corrected chi connectivity index (χ3v) is 8.10. The summed E-state index contributed by atoms with van der Waals surface area (Å²) in [6, 6.07) is 46.3. The molecule has 0 radical (unpaired) electrons. The van der Waals surface area contributed by atoms with Crippen LogP contribution >= 0.6 is 0 Å². The maximum Gasteiger partial charge on any atom is 0.134 e. The van der Waals surface area contributed by atoms with Gasteiger partial charge < -0.3 is 4.74 Å². The minimum absolute atomic E-state index is 0.935. The molecule has 1 nitrogen and oxygen atoms in total. The van der Waals surface area contributed by atoms with Crippen LogP contribution in [-0.2, 0) is 0 Å². The summed E-state index contributed by atoms with van der Waals surface area (Å²) in [7, 11) is 1.77. The van der Waals surface area contributed by atoms with Gasteiger partial charge in [-0.05, 0) is 65.3 Å². The normalized spacial score (nSPS) is 11.8. The molecule has 0 aromatic heterocycles. The molecule has 1 heteroatoms. The third kappa shape index (κ3) is 2.87. The van der Waals surface area contributed by atoms with Gasteiger partial charge in [-0.15, -0.1) is 0 Å². The predicted octanol–water partition coefficient (Wildman–Crippen LogP) is 10.2. The molecule has 0 aliphatic carbocycles. The molecule has 8 rings (SSSR count). The van der Waals surface area contributed by atoms with Crippen LogP contribution in [0.15, 0.2) is 127 Å². The molecule has 0 fully saturated rings. The Balaban J connectivity index is 1.54. The standard InChI is InChI=1S/C37H24O/c1-38-37-32-13-7-5-11-27(32)36(28-12-6-8-14-33(28)37)31-22-18-25-16-20-29-26(23-9-3-2-4-10-23)19-15-24-17-21-30(31)35(25)34(24)29/h2-22H,1H3. The summed E-state index contributed by atoms with van der Waals surface area (Å²) in [5.74, 6) is 0.935. The first-order chi connectivity index (χ1) is 18.8. The molecular weight excluding hydrogens is 460 g/mol. The van der Waals surface area contributed by atoms with Crippen molar-refractivity contribution < 1.29 is 4.74 Å². The molecule has 0 N–H and O–H groups in total. The highest BCUT2D eigenvalue weighted by Gasteiger charge is 2.19. The summed E-state index contributed by atoms with van der Waals surface area (Å²) in [4.78, 5) is 0. The lowest BCUT2D eigenvalue weighted by molar-refractivity contribution is 0.424. The zero-order valence-corrected chi connectivity index (χ0v) is 21.0. The maximum atomic E-state index is 5.97. The van der Waals surface area contributed by atoms with Crippen molar-refractivity contribution in [3.8, 4) is 28.0 Å². The number of rotatable bonds is 3. The first-order valence-electron chi connectivity index (χ1n) is 13.1. The molecule has 0 unspecified atom stereocenters. The van der Waals surface area contributed by atoms with E-state index in [4.69, 9.17) is 4.74 Å². The minimum atomic E-state index is 0.935. The molecule has 0 aliphatic heterocycles. The second-order valence-corrected chi connectivity index (χ2v) is 10.0. The Morgan fingerprint density at radius 2 is 0.868 bits per heavy atom. The summed E-state index contributed by atoms with van der Waals surface area (Å²) < 4.78 is 5.97. The van der Waals surface area contributed by atoms with Crippen LogP contribution in [0.1, 0.15) is 0 Å². The first-order valence-corrected chi connectivity index (χ1v) is 13.1. The van der Waals surface area contributed by atoms with Crippen molar-refractivity contribution in [2.75, 3.05) is 7.11 Å². The second kappa shape index (κ2) is 8.06. The Bertz CT molecular complexity index is 2100. The maximum absolute atomic E-state index is 5.97. The van der Waals surface area contributed by atoms with Crippen molar-refractivity contribution in [1.82, 2.24) is 0 Å². The molecule has 0 aliphatic rings. The van der Waals surface area contributed by atoms with Gasteiger partial charge in [0.1, 0.15) is 5.75 Å². The first kappa shape index (κ1) is 21.2. The van der Waals surface area contributed by atoms with E-state index in [0.717, 1.165) is 16.5 Å². The number of hydrogen-bond acceptors (Lipinski definition) is 1. The molecule has 0 heterocycles. The molecule has 0 saturated carbocycles. The Labute approximate surface area is 220 Å². The zero-order chi connectivity index (χ0) is 25.2. The average Bonchev–Trinajstić information content (AvgIpc) is 2.99. The average molecular weight is 485 g/mol. The van der Waals surface area contributed by atoms with Crippen LogP contribution in [0.2, 0.25) is 0 Å². The van der Waals surface area contributed by atoms with Crippen LogP contribution in [0.25, 0.3) is 76.1 Å². The fraction of sp³-hybridized carbons (Fsp3) is 0.0270. The quantitative estimate of drug-likeness (QED) is 0.179. The number of methoxy groups -OCH3 is 1. The third-order valence-electron chi connectivity index (χ3n) is 8.10. The molecule has 8 aromatic carbocycles. The van der Waals surface area contributed by atoms with Gasteiger partial charge in [0, 0.05) is 10.8 Å². The van der Waals surface area contributed by atoms with Gasteiger partial charge in [-0.2, -0.15) is 0 Å². The van der Waals surface area contributed by atoms with Crippen LogP contribution < -0.4 is 4.74 Å². The number of ether oxygens (including phenoxy) is 1. The summed E-state index contributed by atoms with van der Waals surface area (Å²) >= 11 is 0. The smallest absolute Gasteiger partial charge is 0.134 e. The van der Waals surface area contributed by atoms with Crippen molar-refractivity contribution in [3.05, 3.63) is 127 Å². The Hall–Kier alpha value is -4.88. The van der Waals surface area contributed by atoms with Crippen LogP contribution in [0, 0.1) is 0 Å². The van der Waals surface area contributed by atoms with Crippen molar-refractivity contribution in [3.63, 3.8) is 0 Å². The molecule has 8 aromatic rings. The summed E-state index contributed by atoms with van der Waals surface area (Å²) in [5, 5.41) is 12.5. The van der Waals surface area contributed by atoms with Gasteiger partial charge in [0.2, 0.25) is 0 Å². The van der Waals surface area contributed by atoms with E-state index >= 15 is 0 Å². The largest absolute Gasteiger partial charge is 0.495 e. The SMILES string of the molecule is COc1c2ccccc2c(-c2ccc3ccc4c(-c5ccccc5)ccc5ccc2c3c54)c2ccccc12. The van der Waals surface area contributed by atoms with Crippen LogP contribution in [-0.4, -0.2) is 7.11 Å². The van der Waals surface area contributed by atoms with E-state index in [2.05, 4.69) is 127 Å². The lowest BCUT2D eigenvalue weighted by Gasteiger charge is -2.20. The van der Waals surface area contributed by atoms with Crippen molar-refractivity contribution >= 4 is 53.9 Å². The lowest BCUT2D eigenvalue weighted by atomic mass is 9.85. The fourth-order valence-electron chi connectivity index (χ4n) is 6.49. The topological polar surface area (TPSA) is 9.23 Å².